The fourth-order valence-electron chi connectivity index (χ4n) is 3.42. The third-order valence-corrected chi connectivity index (χ3v) is 6.58. The first-order chi connectivity index (χ1) is 14.5. The van der Waals surface area contributed by atoms with Gasteiger partial charge in [0.25, 0.3) is 0 Å². The maximum absolute atomic E-state index is 12.6. The molecule has 14 heteroatoms. The molecule has 4 heterocycles. The highest BCUT2D eigenvalue weighted by molar-refractivity contribution is 7.89. The SMILES string of the molecule is Cc1nnc(C[C@H]2C[C@H]3CN(S(=O)(=O)c4cccnc4)C[C@H]3O2)o1.O=C(O)C(F)(F)F. The Morgan fingerprint density at radius 1 is 1.32 bits per heavy atom. The van der Waals surface area contributed by atoms with Crippen LogP contribution in [0, 0.1) is 12.8 Å². The van der Waals surface area contributed by atoms with Gasteiger partial charge in [0.15, 0.2) is 0 Å². The number of aryl methyl sites for hydroxylation is 1. The minimum absolute atomic E-state index is 0.00287. The number of hydrogen-bond acceptors (Lipinski definition) is 8. The monoisotopic (exact) mass is 464 g/mol. The van der Waals surface area contributed by atoms with Gasteiger partial charge in [-0.1, -0.05) is 0 Å². The van der Waals surface area contributed by atoms with E-state index in [0.29, 0.717) is 31.3 Å². The maximum Gasteiger partial charge on any atom is 0.490 e. The Bertz CT molecular complexity index is 1000. The van der Waals surface area contributed by atoms with Crippen molar-refractivity contribution in [3.8, 4) is 0 Å². The smallest absolute Gasteiger partial charge is 0.475 e. The van der Waals surface area contributed by atoms with Gasteiger partial charge in [-0.3, -0.25) is 4.98 Å². The molecule has 31 heavy (non-hydrogen) atoms. The lowest BCUT2D eigenvalue weighted by Crippen LogP contribution is -2.31. The van der Waals surface area contributed by atoms with E-state index in [1.807, 2.05) is 0 Å². The molecule has 0 aromatic carbocycles. The van der Waals surface area contributed by atoms with Gasteiger partial charge in [-0.25, -0.2) is 13.2 Å². The summed E-state index contributed by atoms with van der Waals surface area (Å²) in [6.07, 6.45) is -0.849. The molecule has 1 N–H and O–H groups in total. The number of aromatic nitrogens is 3. The van der Waals surface area contributed by atoms with Gasteiger partial charge in [0.2, 0.25) is 21.8 Å². The molecule has 2 aromatic rings. The third-order valence-electron chi connectivity index (χ3n) is 4.77. The van der Waals surface area contributed by atoms with Crippen molar-refractivity contribution in [2.75, 3.05) is 13.1 Å². The van der Waals surface area contributed by atoms with Gasteiger partial charge in [0.05, 0.1) is 18.6 Å². The number of rotatable bonds is 4. The Morgan fingerprint density at radius 3 is 2.55 bits per heavy atom. The Morgan fingerprint density at radius 2 is 2.03 bits per heavy atom. The van der Waals surface area contributed by atoms with Crippen LogP contribution in [-0.4, -0.2) is 70.5 Å². The number of carboxylic acid groups (broad SMARTS) is 1. The molecule has 10 nitrogen and oxygen atoms in total. The summed E-state index contributed by atoms with van der Waals surface area (Å²) in [7, 11) is -3.50. The quantitative estimate of drug-likeness (QED) is 0.713. The van der Waals surface area contributed by atoms with Crippen molar-refractivity contribution in [3.05, 3.63) is 36.3 Å². The lowest BCUT2D eigenvalue weighted by atomic mass is 10.0. The fourth-order valence-corrected chi connectivity index (χ4v) is 4.89. The standard InChI is InChI=1S/C15H18N4O4S.C2HF3O2/c1-10-17-18-15(22-10)6-12-5-11-8-19(9-14(11)23-12)24(20,21)13-3-2-4-16-7-13;3-2(4,5)1(6)7/h2-4,7,11-12,14H,5-6,8-9H2,1H3;(H,6,7)/t11-,12+,14+;/m0./s1. The fraction of sp³-hybridized carbons (Fsp3) is 0.529. The van der Waals surface area contributed by atoms with Crippen LogP contribution < -0.4 is 0 Å². The van der Waals surface area contributed by atoms with Crippen LogP contribution in [0.2, 0.25) is 0 Å². The van der Waals surface area contributed by atoms with Gasteiger partial charge < -0.3 is 14.3 Å². The summed E-state index contributed by atoms with van der Waals surface area (Å²) in [4.78, 5) is 13.0. The topological polar surface area (TPSA) is 136 Å². The van der Waals surface area contributed by atoms with E-state index >= 15 is 0 Å². The molecular formula is C17H19F3N4O6S. The maximum atomic E-state index is 12.6. The number of fused-ring (bicyclic) bond motifs is 1. The molecule has 2 aromatic heterocycles. The summed E-state index contributed by atoms with van der Waals surface area (Å²) < 4.78 is 69.9. The van der Waals surface area contributed by atoms with Gasteiger partial charge in [0.1, 0.15) is 4.90 Å². The van der Waals surface area contributed by atoms with Crippen molar-refractivity contribution in [1.82, 2.24) is 19.5 Å². The van der Waals surface area contributed by atoms with Crippen molar-refractivity contribution < 1.29 is 40.6 Å². The molecular weight excluding hydrogens is 445 g/mol. The van der Waals surface area contributed by atoms with Crippen LogP contribution in [0.3, 0.4) is 0 Å². The van der Waals surface area contributed by atoms with Gasteiger partial charge in [-0.2, -0.15) is 17.5 Å². The van der Waals surface area contributed by atoms with Crippen LogP contribution in [0.15, 0.2) is 33.8 Å². The van der Waals surface area contributed by atoms with Crippen LogP contribution in [0.4, 0.5) is 13.2 Å². The van der Waals surface area contributed by atoms with Crippen LogP contribution in [0.25, 0.3) is 0 Å². The number of alkyl halides is 3. The number of aliphatic carboxylic acids is 1. The van der Waals surface area contributed by atoms with E-state index in [1.165, 1.54) is 10.5 Å². The molecule has 0 radical (unpaired) electrons. The molecule has 2 aliphatic heterocycles. The summed E-state index contributed by atoms with van der Waals surface area (Å²) in [5, 5.41) is 14.9. The molecule has 2 saturated heterocycles. The Kier molecular flexibility index (Phi) is 6.62. The van der Waals surface area contributed by atoms with E-state index in [1.54, 1.807) is 25.3 Å². The van der Waals surface area contributed by atoms with E-state index in [9.17, 15) is 21.6 Å². The first-order valence-corrected chi connectivity index (χ1v) is 10.6. The van der Waals surface area contributed by atoms with Crippen molar-refractivity contribution in [1.29, 1.82) is 0 Å². The van der Waals surface area contributed by atoms with E-state index in [-0.39, 0.29) is 23.0 Å². The van der Waals surface area contributed by atoms with Crippen molar-refractivity contribution in [2.45, 2.75) is 43.0 Å². The number of hydrogen-bond donors (Lipinski definition) is 1. The second-order valence-corrected chi connectivity index (χ2v) is 8.96. The Balaban J connectivity index is 0.000000339. The average molecular weight is 464 g/mol. The number of ether oxygens (including phenoxy) is 1. The number of carboxylic acids is 1. The van der Waals surface area contributed by atoms with Gasteiger partial charge >= 0.3 is 12.1 Å². The molecule has 0 bridgehead atoms. The van der Waals surface area contributed by atoms with Crippen LogP contribution in [0.1, 0.15) is 18.2 Å². The summed E-state index contributed by atoms with van der Waals surface area (Å²) in [5.41, 5.74) is 0. The second-order valence-electron chi connectivity index (χ2n) is 7.02. The van der Waals surface area contributed by atoms with Gasteiger partial charge in [-0.05, 0) is 18.6 Å². The van der Waals surface area contributed by atoms with Crippen LogP contribution >= 0.6 is 0 Å². The van der Waals surface area contributed by atoms with Crippen molar-refractivity contribution >= 4 is 16.0 Å². The Labute approximate surface area is 175 Å². The summed E-state index contributed by atoms with van der Waals surface area (Å²) >= 11 is 0. The highest BCUT2D eigenvalue weighted by atomic mass is 32.2. The van der Waals surface area contributed by atoms with E-state index in [2.05, 4.69) is 15.2 Å². The van der Waals surface area contributed by atoms with Crippen LogP contribution in [0.5, 0.6) is 0 Å². The molecule has 2 aliphatic rings. The number of sulfonamides is 1. The third kappa shape index (κ3) is 5.57. The summed E-state index contributed by atoms with van der Waals surface area (Å²) in [5.74, 6) is -1.45. The molecule has 0 spiro atoms. The zero-order chi connectivity index (χ0) is 22.8. The zero-order valence-electron chi connectivity index (χ0n) is 16.2. The largest absolute Gasteiger partial charge is 0.490 e. The van der Waals surface area contributed by atoms with Crippen LogP contribution in [-0.2, 0) is 26.0 Å². The number of pyridine rings is 1. The first-order valence-electron chi connectivity index (χ1n) is 9.11. The Hall–Kier alpha value is -2.58. The lowest BCUT2D eigenvalue weighted by Gasteiger charge is -2.18. The molecule has 0 unspecified atom stereocenters. The highest BCUT2D eigenvalue weighted by Gasteiger charge is 2.46. The lowest BCUT2D eigenvalue weighted by molar-refractivity contribution is -0.192. The second kappa shape index (κ2) is 8.88. The highest BCUT2D eigenvalue weighted by Crippen LogP contribution is 2.36. The first kappa shape index (κ1) is 23.1. The minimum atomic E-state index is -5.08. The minimum Gasteiger partial charge on any atom is -0.475 e. The molecule has 0 aliphatic carbocycles. The average Bonchev–Trinajstić information content (AvgIpc) is 3.37. The van der Waals surface area contributed by atoms with Crippen molar-refractivity contribution in [3.63, 3.8) is 0 Å². The van der Waals surface area contributed by atoms with Crippen molar-refractivity contribution in [2.24, 2.45) is 5.92 Å². The van der Waals surface area contributed by atoms with E-state index < -0.39 is 22.2 Å². The van der Waals surface area contributed by atoms with E-state index in [4.69, 9.17) is 19.1 Å². The zero-order valence-corrected chi connectivity index (χ0v) is 17.0. The molecule has 170 valence electrons. The molecule has 2 fully saturated rings. The summed E-state index contributed by atoms with van der Waals surface area (Å²) in [6.45, 7) is 2.60. The van der Waals surface area contributed by atoms with Gasteiger partial charge in [-0.15, -0.1) is 10.2 Å². The predicted molar refractivity (Wildman–Crippen MR) is 96.2 cm³/mol. The molecule has 4 rings (SSSR count). The number of carbonyl (C=O) groups is 1. The molecule has 0 amide bonds. The van der Waals surface area contributed by atoms with Gasteiger partial charge in [0, 0.05) is 38.3 Å². The normalized spacial score (nSPS) is 23.8. The number of nitrogens with zero attached hydrogens (tertiary/aromatic N) is 4. The predicted octanol–water partition coefficient (Wildman–Crippen LogP) is 1.43. The van der Waals surface area contributed by atoms with E-state index in [0.717, 1.165) is 6.42 Å². The molecule has 0 saturated carbocycles. The summed E-state index contributed by atoms with van der Waals surface area (Å²) in [6, 6.07) is 3.20. The number of halogens is 3. The molecule has 3 atom stereocenters.